The Labute approximate surface area is 148 Å². The first-order valence-electron chi connectivity index (χ1n) is 8.67. The van der Waals surface area contributed by atoms with E-state index in [4.69, 9.17) is 4.74 Å². The largest absolute Gasteiger partial charge is 0.426 e. The average Bonchev–Trinajstić information content (AvgIpc) is 3.00. The summed E-state index contributed by atoms with van der Waals surface area (Å²) in [5.41, 5.74) is 4.04. The number of benzene rings is 2. The first kappa shape index (κ1) is 17.2. The smallest absolute Gasteiger partial charge is 0.316 e. The third-order valence-electron chi connectivity index (χ3n) is 4.89. The Bertz CT molecular complexity index is 813. The van der Waals surface area contributed by atoms with Crippen LogP contribution in [-0.4, -0.2) is 18.4 Å². The van der Waals surface area contributed by atoms with Crippen LogP contribution < -0.4 is 9.64 Å². The molecular weight excluding hydrogens is 314 g/mol. The number of esters is 1. The van der Waals surface area contributed by atoms with Crippen molar-refractivity contribution >= 4 is 17.6 Å². The fourth-order valence-electron chi connectivity index (χ4n) is 3.20. The monoisotopic (exact) mass is 337 g/mol. The summed E-state index contributed by atoms with van der Waals surface area (Å²) in [5, 5.41) is 0. The molecule has 25 heavy (non-hydrogen) atoms. The molecule has 0 spiro atoms. The highest BCUT2D eigenvalue weighted by Gasteiger charge is 2.37. The Morgan fingerprint density at radius 3 is 2.68 bits per heavy atom. The molecular formula is C21H23NO3. The van der Waals surface area contributed by atoms with Crippen LogP contribution in [0.1, 0.15) is 30.0 Å². The van der Waals surface area contributed by atoms with Gasteiger partial charge in [0.15, 0.2) is 0 Å². The Hall–Kier alpha value is -2.62. The van der Waals surface area contributed by atoms with E-state index in [-0.39, 0.29) is 18.3 Å². The quantitative estimate of drug-likeness (QED) is 0.629. The summed E-state index contributed by atoms with van der Waals surface area (Å²) in [6, 6.07) is 13.5. The van der Waals surface area contributed by atoms with Crippen LogP contribution in [-0.2, 0) is 16.0 Å². The molecule has 0 aliphatic carbocycles. The maximum atomic E-state index is 12.6. The lowest BCUT2D eigenvalue weighted by Gasteiger charge is -2.19. The number of para-hydroxylation sites is 1. The third kappa shape index (κ3) is 3.43. The number of anilines is 1. The molecule has 1 atom stereocenters. The van der Waals surface area contributed by atoms with Crippen LogP contribution in [0, 0.1) is 19.8 Å². The molecule has 1 aliphatic heterocycles. The van der Waals surface area contributed by atoms with Crippen LogP contribution in [0.3, 0.4) is 0 Å². The number of hydrogen-bond donors (Lipinski definition) is 0. The molecule has 0 aromatic heterocycles. The number of rotatable bonds is 4. The molecule has 1 fully saturated rings. The Morgan fingerprint density at radius 2 is 1.92 bits per heavy atom. The first-order valence-corrected chi connectivity index (χ1v) is 8.67. The molecule has 0 unspecified atom stereocenters. The maximum Gasteiger partial charge on any atom is 0.316 e. The van der Waals surface area contributed by atoms with E-state index in [2.05, 4.69) is 6.92 Å². The number of aryl methyl sites for hydroxylation is 2. The van der Waals surface area contributed by atoms with Crippen molar-refractivity contribution in [3.63, 3.8) is 0 Å². The summed E-state index contributed by atoms with van der Waals surface area (Å²) in [5.74, 6) is -0.218. The van der Waals surface area contributed by atoms with Crippen LogP contribution in [0.15, 0.2) is 42.5 Å². The minimum Gasteiger partial charge on any atom is -0.426 e. The number of nitrogens with zero attached hydrogens (tertiary/aromatic N) is 1. The van der Waals surface area contributed by atoms with Gasteiger partial charge in [-0.2, -0.15) is 0 Å². The van der Waals surface area contributed by atoms with E-state index in [1.165, 1.54) is 0 Å². The number of carbonyl (C=O) groups excluding carboxylic acids is 2. The van der Waals surface area contributed by atoms with Gasteiger partial charge in [0, 0.05) is 18.7 Å². The molecule has 2 aromatic carbocycles. The zero-order chi connectivity index (χ0) is 18.0. The van der Waals surface area contributed by atoms with Gasteiger partial charge in [-0.1, -0.05) is 37.3 Å². The number of ether oxygens (including phenoxy) is 1. The molecule has 4 heteroatoms. The van der Waals surface area contributed by atoms with E-state index in [0.29, 0.717) is 12.3 Å². The van der Waals surface area contributed by atoms with Gasteiger partial charge in [0.2, 0.25) is 5.91 Å². The summed E-state index contributed by atoms with van der Waals surface area (Å²) in [4.78, 5) is 26.7. The van der Waals surface area contributed by atoms with Gasteiger partial charge in [0.1, 0.15) is 5.75 Å². The van der Waals surface area contributed by atoms with Crippen LogP contribution in [0.4, 0.5) is 5.69 Å². The summed E-state index contributed by atoms with van der Waals surface area (Å²) >= 11 is 0. The van der Waals surface area contributed by atoms with Crippen molar-refractivity contribution in [1.29, 1.82) is 0 Å². The highest BCUT2D eigenvalue weighted by atomic mass is 16.5. The topological polar surface area (TPSA) is 46.6 Å². The van der Waals surface area contributed by atoms with Crippen LogP contribution in [0.2, 0.25) is 0 Å². The van der Waals surface area contributed by atoms with Crippen molar-refractivity contribution in [2.45, 2.75) is 33.6 Å². The van der Waals surface area contributed by atoms with Gasteiger partial charge < -0.3 is 9.64 Å². The zero-order valence-electron chi connectivity index (χ0n) is 14.9. The molecule has 0 N–H and O–H groups in total. The highest BCUT2D eigenvalue weighted by Crippen LogP contribution is 2.30. The second-order valence-electron chi connectivity index (χ2n) is 6.51. The van der Waals surface area contributed by atoms with Crippen molar-refractivity contribution in [2.75, 3.05) is 11.4 Å². The molecule has 4 nitrogen and oxygen atoms in total. The van der Waals surface area contributed by atoms with Crippen LogP contribution in [0.25, 0.3) is 0 Å². The van der Waals surface area contributed by atoms with E-state index in [1.807, 2.05) is 50.2 Å². The van der Waals surface area contributed by atoms with E-state index < -0.39 is 5.92 Å². The maximum absolute atomic E-state index is 12.6. The highest BCUT2D eigenvalue weighted by molar-refractivity contribution is 6.00. The second kappa shape index (κ2) is 7.09. The molecule has 1 heterocycles. The standard InChI is InChI=1S/C21H23NO3/c1-4-16-9-5-6-10-18(16)22-13-17(12-20(22)23)21(24)25-19-11-7-8-14(2)15(19)3/h5-11,17H,4,12-13H2,1-3H3/t17-/m0/s1. The summed E-state index contributed by atoms with van der Waals surface area (Å²) < 4.78 is 5.58. The lowest BCUT2D eigenvalue weighted by Crippen LogP contribution is -2.28. The molecule has 3 rings (SSSR count). The van der Waals surface area contributed by atoms with E-state index in [1.54, 1.807) is 11.0 Å². The molecule has 0 saturated carbocycles. The normalized spacial score (nSPS) is 17.0. The fourth-order valence-corrected chi connectivity index (χ4v) is 3.20. The molecule has 2 aromatic rings. The van der Waals surface area contributed by atoms with Gasteiger partial charge in [0.05, 0.1) is 5.92 Å². The molecule has 0 bridgehead atoms. The van der Waals surface area contributed by atoms with Crippen molar-refractivity contribution < 1.29 is 14.3 Å². The Kier molecular flexibility index (Phi) is 4.88. The lowest BCUT2D eigenvalue weighted by molar-refractivity contribution is -0.139. The van der Waals surface area contributed by atoms with E-state index >= 15 is 0 Å². The Balaban J connectivity index is 1.76. The third-order valence-corrected chi connectivity index (χ3v) is 4.89. The fraction of sp³-hybridized carbons (Fsp3) is 0.333. The predicted octanol–water partition coefficient (Wildman–Crippen LogP) is 3.82. The number of amides is 1. The van der Waals surface area contributed by atoms with Gasteiger partial charge in [-0.05, 0) is 49.1 Å². The van der Waals surface area contributed by atoms with Crippen LogP contribution >= 0.6 is 0 Å². The van der Waals surface area contributed by atoms with Gasteiger partial charge in [0.25, 0.3) is 0 Å². The molecule has 130 valence electrons. The average molecular weight is 337 g/mol. The van der Waals surface area contributed by atoms with Crippen molar-refractivity contribution in [3.05, 3.63) is 59.2 Å². The van der Waals surface area contributed by atoms with Crippen molar-refractivity contribution in [1.82, 2.24) is 0 Å². The Morgan fingerprint density at radius 1 is 1.16 bits per heavy atom. The SMILES string of the molecule is CCc1ccccc1N1C[C@@H](C(=O)Oc2cccc(C)c2C)CC1=O. The first-order chi connectivity index (χ1) is 12.0. The summed E-state index contributed by atoms with van der Waals surface area (Å²) in [6.07, 6.45) is 1.04. The minimum absolute atomic E-state index is 0.0242. The molecule has 1 aliphatic rings. The minimum atomic E-state index is -0.433. The summed E-state index contributed by atoms with van der Waals surface area (Å²) in [7, 11) is 0. The lowest BCUT2D eigenvalue weighted by atomic mass is 10.1. The van der Waals surface area contributed by atoms with Gasteiger partial charge in [-0.25, -0.2) is 0 Å². The van der Waals surface area contributed by atoms with Gasteiger partial charge in [-0.3, -0.25) is 9.59 Å². The van der Waals surface area contributed by atoms with Crippen molar-refractivity contribution in [2.24, 2.45) is 5.92 Å². The van der Waals surface area contributed by atoms with E-state index in [9.17, 15) is 9.59 Å². The van der Waals surface area contributed by atoms with Gasteiger partial charge in [-0.15, -0.1) is 0 Å². The van der Waals surface area contributed by atoms with Crippen molar-refractivity contribution in [3.8, 4) is 5.75 Å². The summed E-state index contributed by atoms with van der Waals surface area (Å²) in [6.45, 7) is 6.35. The van der Waals surface area contributed by atoms with Crippen LogP contribution in [0.5, 0.6) is 5.75 Å². The van der Waals surface area contributed by atoms with E-state index in [0.717, 1.165) is 28.8 Å². The van der Waals surface area contributed by atoms with Gasteiger partial charge >= 0.3 is 5.97 Å². The molecule has 1 amide bonds. The zero-order valence-corrected chi connectivity index (χ0v) is 14.9. The molecule has 1 saturated heterocycles. The number of carbonyl (C=O) groups is 2. The molecule has 0 radical (unpaired) electrons. The number of hydrogen-bond acceptors (Lipinski definition) is 3. The predicted molar refractivity (Wildman–Crippen MR) is 97.8 cm³/mol. The second-order valence-corrected chi connectivity index (χ2v) is 6.51.